The minimum absolute atomic E-state index is 0.211. The van der Waals surface area contributed by atoms with Gasteiger partial charge in [-0.15, -0.1) is 0 Å². The highest BCUT2D eigenvalue weighted by Gasteiger charge is 2.18. The number of hydrogen-bond acceptors (Lipinski definition) is 2. The third kappa shape index (κ3) is 3.25. The van der Waals surface area contributed by atoms with E-state index in [1.807, 2.05) is 12.1 Å². The predicted molar refractivity (Wildman–Crippen MR) is 87.9 cm³/mol. The summed E-state index contributed by atoms with van der Waals surface area (Å²) in [6.45, 7) is 3.92. The van der Waals surface area contributed by atoms with Gasteiger partial charge < -0.3 is 15.0 Å². The van der Waals surface area contributed by atoms with E-state index in [-0.39, 0.29) is 6.04 Å². The fourth-order valence-electron chi connectivity index (χ4n) is 3.09. The molecular formula is C17H23ClN2O. The Morgan fingerprint density at radius 2 is 2.33 bits per heavy atom. The molecule has 0 spiro atoms. The van der Waals surface area contributed by atoms with Gasteiger partial charge in [-0.2, -0.15) is 0 Å². The van der Waals surface area contributed by atoms with Gasteiger partial charge in [-0.1, -0.05) is 24.6 Å². The molecule has 3 rings (SSSR count). The van der Waals surface area contributed by atoms with Crippen molar-refractivity contribution in [3.05, 3.63) is 35.0 Å². The van der Waals surface area contributed by atoms with Gasteiger partial charge in [0.25, 0.3) is 0 Å². The Bertz CT molecular complexity index is 617. The summed E-state index contributed by atoms with van der Waals surface area (Å²) < 4.78 is 8.06. The molecule has 2 aromatic rings. The Balaban J connectivity index is 1.95. The van der Waals surface area contributed by atoms with E-state index in [2.05, 4.69) is 23.8 Å². The molecular weight excluding hydrogens is 284 g/mol. The molecule has 1 aromatic carbocycles. The number of aromatic nitrogens is 1. The highest BCUT2D eigenvalue weighted by Crippen LogP contribution is 2.27. The van der Waals surface area contributed by atoms with Crippen LogP contribution < -0.4 is 5.73 Å². The fourth-order valence-corrected chi connectivity index (χ4v) is 3.26. The number of nitrogens with zero attached hydrogens (tertiary/aromatic N) is 1. The lowest BCUT2D eigenvalue weighted by molar-refractivity contribution is 0.0980. The Morgan fingerprint density at radius 3 is 3.05 bits per heavy atom. The maximum Gasteiger partial charge on any atom is 0.0754 e. The second-order valence-electron chi connectivity index (χ2n) is 5.98. The Hall–Kier alpha value is -1.03. The standard InChI is InChI=1S/C17H23ClN2O/c1-2-14(19)8-12-10-20(11-15-4-3-7-21-15)17-9-13(18)5-6-16(12)17/h5-6,9-10,14-15H,2-4,7-8,11,19H2,1H3. The molecule has 1 aliphatic rings. The lowest BCUT2D eigenvalue weighted by Gasteiger charge is -2.11. The average Bonchev–Trinajstić information content (AvgIpc) is 3.08. The minimum atomic E-state index is 0.211. The third-order valence-corrected chi connectivity index (χ3v) is 4.59. The zero-order chi connectivity index (χ0) is 14.8. The van der Waals surface area contributed by atoms with E-state index in [9.17, 15) is 0 Å². The van der Waals surface area contributed by atoms with E-state index >= 15 is 0 Å². The highest BCUT2D eigenvalue weighted by atomic mass is 35.5. The zero-order valence-corrected chi connectivity index (χ0v) is 13.3. The van der Waals surface area contributed by atoms with Crippen LogP contribution in [0.5, 0.6) is 0 Å². The largest absolute Gasteiger partial charge is 0.376 e. The van der Waals surface area contributed by atoms with Gasteiger partial charge in [-0.25, -0.2) is 0 Å². The van der Waals surface area contributed by atoms with Crippen molar-refractivity contribution in [2.45, 2.75) is 51.3 Å². The van der Waals surface area contributed by atoms with Crippen molar-refractivity contribution in [2.24, 2.45) is 5.73 Å². The summed E-state index contributed by atoms with van der Waals surface area (Å²) in [7, 11) is 0. The topological polar surface area (TPSA) is 40.2 Å². The van der Waals surface area contributed by atoms with Crippen LogP contribution in [0.2, 0.25) is 5.02 Å². The normalized spacial score (nSPS) is 20.2. The van der Waals surface area contributed by atoms with Gasteiger partial charge in [0.2, 0.25) is 0 Å². The molecule has 1 saturated heterocycles. The van der Waals surface area contributed by atoms with Crippen LogP contribution in [-0.2, 0) is 17.7 Å². The Kier molecular flexibility index (Phi) is 4.53. The Morgan fingerprint density at radius 1 is 1.48 bits per heavy atom. The molecule has 21 heavy (non-hydrogen) atoms. The maximum absolute atomic E-state index is 6.18. The summed E-state index contributed by atoms with van der Waals surface area (Å²) in [4.78, 5) is 0. The molecule has 0 radical (unpaired) electrons. The summed E-state index contributed by atoms with van der Waals surface area (Å²) in [6, 6.07) is 6.33. The number of nitrogens with two attached hydrogens (primary N) is 1. The number of hydrogen-bond donors (Lipinski definition) is 1. The van der Waals surface area contributed by atoms with Gasteiger partial charge >= 0.3 is 0 Å². The second kappa shape index (κ2) is 6.39. The molecule has 0 bridgehead atoms. The van der Waals surface area contributed by atoms with Crippen molar-refractivity contribution in [2.75, 3.05) is 6.61 Å². The maximum atomic E-state index is 6.18. The molecule has 1 aromatic heterocycles. The first-order valence-electron chi connectivity index (χ1n) is 7.82. The van der Waals surface area contributed by atoms with Crippen LogP contribution in [0.3, 0.4) is 0 Å². The molecule has 0 saturated carbocycles. The molecule has 114 valence electrons. The van der Waals surface area contributed by atoms with Crippen LogP contribution in [0.1, 0.15) is 31.7 Å². The molecule has 2 atom stereocenters. The molecule has 0 aliphatic carbocycles. The number of fused-ring (bicyclic) bond motifs is 1. The van der Waals surface area contributed by atoms with Crippen LogP contribution in [0.25, 0.3) is 10.9 Å². The molecule has 1 fully saturated rings. The fraction of sp³-hybridized carbons (Fsp3) is 0.529. The van der Waals surface area contributed by atoms with E-state index in [0.29, 0.717) is 6.10 Å². The lowest BCUT2D eigenvalue weighted by atomic mass is 10.0. The summed E-state index contributed by atoms with van der Waals surface area (Å²) in [5, 5.41) is 2.04. The smallest absolute Gasteiger partial charge is 0.0754 e. The molecule has 2 heterocycles. The predicted octanol–water partition coefficient (Wildman–Crippen LogP) is 3.75. The lowest BCUT2D eigenvalue weighted by Crippen LogP contribution is -2.21. The van der Waals surface area contributed by atoms with Gasteiger partial charge in [0.05, 0.1) is 6.10 Å². The van der Waals surface area contributed by atoms with E-state index in [1.165, 1.54) is 16.5 Å². The first-order valence-corrected chi connectivity index (χ1v) is 8.19. The van der Waals surface area contributed by atoms with E-state index in [4.69, 9.17) is 22.1 Å². The van der Waals surface area contributed by atoms with E-state index in [1.54, 1.807) is 0 Å². The summed E-state index contributed by atoms with van der Waals surface area (Å²) in [5.74, 6) is 0. The van der Waals surface area contributed by atoms with Gasteiger partial charge in [0.15, 0.2) is 0 Å². The number of halogens is 1. The monoisotopic (exact) mass is 306 g/mol. The van der Waals surface area contributed by atoms with Crippen LogP contribution >= 0.6 is 11.6 Å². The third-order valence-electron chi connectivity index (χ3n) is 4.36. The summed E-state index contributed by atoms with van der Waals surface area (Å²) >= 11 is 6.18. The number of benzene rings is 1. The van der Waals surface area contributed by atoms with Gasteiger partial charge in [-0.3, -0.25) is 0 Å². The zero-order valence-electron chi connectivity index (χ0n) is 12.5. The van der Waals surface area contributed by atoms with Crippen molar-refractivity contribution < 1.29 is 4.74 Å². The second-order valence-corrected chi connectivity index (χ2v) is 6.41. The Labute approximate surface area is 131 Å². The number of ether oxygens (including phenoxy) is 1. The van der Waals surface area contributed by atoms with Crippen LogP contribution in [0.15, 0.2) is 24.4 Å². The van der Waals surface area contributed by atoms with Crippen molar-refractivity contribution in [3.8, 4) is 0 Å². The molecule has 1 aliphatic heterocycles. The van der Waals surface area contributed by atoms with Gasteiger partial charge in [0, 0.05) is 41.3 Å². The van der Waals surface area contributed by atoms with Crippen molar-refractivity contribution >= 4 is 22.5 Å². The van der Waals surface area contributed by atoms with Crippen molar-refractivity contribution in [1.29, 1.82) is 0 Å². The van der Waals surface area contributed by atoms with E-state index in [0.717, 1.165) is 43.9 Å². The van der Waals surface area contributed by atoms with Gasteiger partial charge in [-0.05, 0) is 43.4 Å². The molecule has 3 nitrogen and oxygen atoms in total. The average molecular weight is 307 g/mol. The first-order chi connectivity index (χ1) is 10.2. The minimum Gasteiger partial charge on any atom is -0.376 e. The summed E-state index contributed by atoms with van der Waals surface area (Å²) in [6.07, 6.45) is 6.77. The SMILES string of the molecule is CCC(N)Cc1cn(CC2CCCO2)c2cc(Cl)ccc12. The van der Waals surface area contributed by atoms with E-state index < -0.39 is 0 Å². The molecule has 2 N–H and O–H groups in total. The van der Waals surface area contributed by atoms with Crippen molar-refractivity contribution in [1.82, 2.24) is 4.57 Å². The summed E-state index contributed by atoms with van der Waals surface area (Å²) in [5.41, 5.74) is 8.64. The first kappa shape index (κ1) is 14.9. The highest BCUT2D eigenvalue weighted by molar-refractivity contribution is 6.31. The van der Waals surface area contributed by atoms with Crippen molar-refractivity contribution in [3.63, 3.8) is 0 Å². The van der Waals surface area contributed by atoms with Crippen LogP contribution in [0, 0.1) is 0 Å². The molecule has 2 unspecified atom stereocenters. The van der Waals surface area contributed by atoms with Crippen LogP contribution in [-0.4, -0.2) is 23.3 Å². The van der Waals surface area contributed by atoms with Gasteiger partial charge in [0.1, 0.15) is 0 Å². The molecule has 4 heteroatoms. The number of rotatable bonds is 5. The quantitative estimate of drug-likeness (QED) is 0.914. The molecule has 0 amide bonds. The van der Waals surface area contributed by atoms with Crippen LogP contribution in [0.4, 0.5) is 0 Å².